The van der Waals surface area contributed by atoms with Crippen LogP contribution in [0.3, 0.4) is 0 Å². The van der Waals surface area contributed by atoms with Crippen LogP contribution in [0.25, 0.3) is 0 Å². The Kier molecular flexibility index (Phi) is 2.80. The number of aromatic nitrogens is 1. The van der Waals surface area contributed by atoms with Crippen molar-refractivity contribution in [2.75, 3.05) is 0 Å². The van der Waals surface area contributed by atoms with E-state index in [9.17, 15) is 4.79 Å². The first-order valence-electron chi connectivity index (χ1n) is 3.92. The average molecular weight is 165 g/mol. The van der Waals surface area contributed by atoms with Crippen molar-refractivity contribution in [2.24, 2.45) is 0 Å². The van der Waals surface area contributed by atoms with Crippen molar-refractivity contribution < 1.29 is 9.90 Å². The highest BCUT2D eigenvalue weighted by atomic mass is 16.4. The van der Waals surface area contributed by atoms with E-state index in [1.165, 1.54) is 6.20 Å². The first-order valence-corrected chi connectivity index (χ1v) is 3.92. The van der Waals surface area contributed by atoms with Crippen LogP contribution in [0.1, 0.15) is 29.4 Å². The molecule has 0 amide bonds. The Balaban J connectivity index is 2.78. The standard InChI is InChI=1S/C9H11NO2/c1-2-3-8-5-4-7(6-10-8)9(11)12/h4-6H,2-3H2,1H3,(H,11,12). The summed E-state index contributed by atoms with van der Waals surface area (Å²) in [6.45, 7) is 2.06. The molecule has 0 fully saturated rings. The van der Waals surface area contributed by atoms with Crippen LogP contribution in [-0.2, 0) is 6.42 Å². The second-order valence-corrected chi connectivity index (χ2v) is 2.59. The van der Waals surface area contributed by atoms with Crippen LogP contribution in [0.4, 0.5) is 0 Å². The van der Waals surface area contributed by atoms with E-state index in [0.717, 1.165) is 18.5 Å². The van der Waals surface area contributed by atoms with Crippen LogP contribution < -0.4 is 0 Å². The summed E-state index contributed by atoms with van der Waals surface area (Å²) in [5.41, 5.74) is 1.19. The van der Waals surface area contributed by atoms with Gasteiger partial charge in [0, 0.05) is 11.9 Å². The summed E-state index contributed by atoms with van der Waals surface area (Å²) in [6, 6.07) is 3.34. The zero-order valence-corrected chi connectivity index (χ0v) is 6.95. The van der Waals surface area contributed by atoms with Crippen molar-refractivity contribution >= 4 is 5.97 Å². The fourth-order valence-electron chi connectivity index (χ4n) is 0.955. The molecule has 1 N–H and O–H groups in total. The maximum Gasteiger partial charge on any atom is 0.337 e. The fourth-order valence-corrected chi connectivity index (χ4v) is 0.955. The van der Waals surface area contributed by atoms with Gasteiger partial charge in [-0.25, -0.2) is 4.79 Å². The van der Waals surface area contributed by atoms with Crippen LogP contribution in [0, 0.1) is 0 Å². The van der Waals surface area contributed by atoms with Crippen molar-refractivity contribution in [3.05, 3.63) is 29.6 Å². The van der Waals surface area contributed by atoms with Gasteiger partial charge >= 0.3 is 5.97 Å². The van der Waals surface area contributed by atoms with Gasteiger partial charge in [0.2, 0.25) is 0 Å². The van der Waals surface area contributed by atoms with Crippen LogP contribution >= 0.6 is 0 Å². The van der Waals surface area contributed by atoms with Crippen molar-refractivity contribution in [1.29, 1.82) is 0 Å². The minimum Gasteiger partial charge on any atom is -0.478 e. The normalized spacial score (nSPS) is 9.75. The Bertz CT molecular complexity index is 266. The molecule has 0 saturated carbocycles. The molecule has 1 aromatic heterocycles. The Morgan fingerprint density at radius 3 is 2.75 bits per heavy atom. The van der Waals surface area contributed by atoms with Crippen molar-refractivity contribution in [3.63, 3.8) is 0 Å². The van der Waals surface area contributed by atoms with Gasteiger partial charge in [-0.05, 0) is 18.6 Å². The average Bonchev–Trinajstić information content (AvgIpc) is 2.06. The molecule has 0 atom stereocenters. The first kappa shape index (κ1) is 8.71. The number of aryl methyl sites for hydroxylation is 1. The molecule has 0 radical (unpaired) electrons. The van der Waals surface area contributed by atoms with Crippen LogP contribution in [0.15, 0.2) is 18.3 Å². The van der Waals surface area contributed by atoms with E-state index in [-0.39, 0.29) is 5.56 Å². The molecule has 0 aliphatic heterocycles. The van der Waals surface area contributed by atoms with E-state index in [1.54, 1.807) is 12.1 Å². The summed E-state index contributed by atoms with van der Waals surface area (Å²) >= 11 is 0. The smallest absolute Gasteiger partial charge is 0.337 e. The lowest BCUT2D eigenvalue weighted by Crippen LogP contribution is -1.98. The molecule has 3 nitrogen and oxygen atoms in total. The molecule has 0 aliphatic carbocycles. The predicted octanol–water partition coefficient (Wildman–Crippen LogP) is 1.73. The van der Waals surface area contributed by atoms with Gasteiger partial charge in [-0.1, -0.05) is 13.3 Å². The molecule has 64 valence electrons. The van der Waals surface area contributed by atoms with Gasteiger partial charge in [-0.2, -0.15) is 0 Å². The summed E-state index contributed by atoms with van der Waals surface area (Å²) in [5, 5.41) is 8.57. The Morgan fingerprint density at radius 1 is 1.58 bits per heavy atom. The summed E-state index contributed by atoms with van der Waals surface area (Å²) in [7, 11) is 0. The second kappa shape index (κ2) is 3.85. The largest absolute Gasteiger partial charge is 0.478 e. The van der Waals surface area contributed by atoms with E-state index in [1.807, 2.05) is 0 Å². The van der Waals surface area contributed by atoms with Gasteiger partial charge in [0.1, 0.15) is 0 Å². The third kappa shape index (κ3) is 2.05. The lowest BCUT2D eigenvalue weighted by Gasteiger charge is -1.97. The lowest BCUT2D eigenvalue weighted by molar-refractivity contribution is 0.0696. The van der Waals surface area contributed by atoms with Crippen LogP contribution in [-0.4, -0.2) is 16.1 Å². The number of carboxylic acids is 1. The van der Waals surface area contributed by atoms with Gasteiger partial charge in [-0.3, -0.25) is 4.98 Å². The highest BCUT2D eigenvalue weighted by molar-refractivity contribution is 5.87. The Hall–Kier alpha value is -1.38. The third-order valence-electron chi connectivity index (χ3n) is 1.58. The van der Waals surface area contributed by atoms with Crippen molar-refractivity contribution in [2.45, 2.75) is 19.8 Å². The Morgan fingerprint density at radius 2 is 2.33 bits per heavy atom. The van der Waals surface area contributed by atoms with E-state index >= 15 is 0 Å². The lowest BCUT2D eigenvalue weighted by atomic mass is 10.2. The molecular weight excluding hydrogens is 154 g/mol. The molecule has 12 heavy (non-hydrogen) atoms. The summed E-state index contributed by atoms with van der Waals surface area (Å²) < 4.78 is 0. The SMILES string of the molecule is CCCc1ccc(C(=O)O)cn1. The maximum absolute atomic E-state index is 10.4. The highest BCUT2D eigenvalue weighted by Gasteiger charge is 2.01. The zero-order chi connectivity index (χ0) is 8.97. The molecule has 3 heteroatoms. The fraction of sp³-hybridized carbons (Fsp3) is 0.333. The molecule has 1 rings (SSSR count). The quantitative estimate of drug-likeness (QED) is 0.742. The van der Waals surface area contributed by atoms with Gasteiger partial charge < -0.3 is 5.11 Å². The number of nitrogens with zero attached hydrogens (tertiary/aromatic N) is 1. The first-order chi connectivity index (χ1) is 5.74. The molecular formula is C9H11NO2. The van der Waals surface area contributed by atoms with Gasteiger partial charge in [0.05, 0.1) is 5.56 Å². The summed E-state index contributed by atoms with van der Waals surface area (Å²) in [6.07, 6.45) is 3.33. The van der Waals surface area contributed by atoms with Crippen molar-refractivity contribution in [3.8, 4) is 0 Å². The predicted molar refractivity (Wildman–Crippen MR) is 45.2 cm³/mol. The third-order valence-corrected chi connectivity index (χ3v) is 1.58. The second-order valence-electron chi connectivity index (χ2n) is 2.59. The van der Waals surface area contributed by atoms with Gasteiger partial charge in [0.25, 0.3) is 0 Å². The molecule has 0 aliphatic rings. The molecule has 0 aromatic carbocycles. The van der Waals surface area contributed by atoms with Crippen LogP contribution in [0.5, 0.6) is 0 Å². The number of rotatable bonds is 3. The number of carbonyl (C=O) groups is 1. The monoisotopic (exact) mass is 165 g/mol. The van der Waals surface area contributed by atoms with E-state index in [0.29, 0.717) is 0 Å². The molecule has 1 aromatic rings. The number of aromatic carboxylic acids is 1. The molecule has 1 heterocycles. The number of hydrogen-bond acceptors (Lipinski definition) is 2. The number of hydrogen-bond donors (Lipinski definition) is 1. The van der Waals surface area contributed by atoms with Crippen LogP contribution in [0.2, 0.25) is 0 Å². The molecule has 0 bridgehead atoms. The van der Waals surface area contributed by atoms with Crippen molar-refractivity contribution in [1.82, 2.24) is 4.98 Å². The minimum atomic E-state index is -0.925. The molecule has 0 spiro atoms. The maximum atomic E-state index is 10.4. The summed E-state index contributed by atoms with van der Waals surface area (Å²) in [5.74, 6) is -0.925. The van der Waals surface area contributed by atoms with E-state index < -0.39 is 5.97 Å². The van der Waals surface area contributed by atoms with E-state index in [4.69, 9.17) is 5.11 Å². The van der Waals surface area contributed by atoms with Gasteiger partial charge in [0.15, 0.2) is 0 Å². The number of pyridine rings is 1. The zero-order valence-electron chi connectivity index (χ0n) is 6.95. The molecule has 0 unspecified atom stereocenters. The minimum absolute atomic E-state index is 0.245. The van der Waals surface area contributed by atoms with E-state index in [2.05, 4.69) is 11.9 Å². The van der Waals surface area contributed by atoms with Gasteiger partial charge in [-0.15, -0.1) is 0 Å². The molecule has 0 saturated heterocycles. The Labute approximate surface area is 71.1 Å². The highest BCUT2D eigenvalue weighted by Crippen LogP contribution is 2.02. The summed E-state index contributed by atoms with van der Waals surface area (Å²) in [4.78, 5) is 14.4. The number of carboxylic acid groups (broad SMARTS) is 1. The topological polar surface area (TPSA) is 50.2 Å².